The number of para-hydroxylation sites is 6. The average molecular weight is 829 g/mol. The molecule has 3 nitrogen and oxygen atoms in total. The summed E-state index contributed by atoms with van der Waals surface area (Å²) in [5.74, 6) is 0. The summed E-state index contributed by atoms with van der Waals surface area (Å²) in [4.78, 5) is 2.41. The maximum atomic E-state index is 6.68. The van der Waals surface area contributed by atoms with Crippen molar-refractivity contribution in [2.75, 3.05) is 4.90 Å². The van der Waals surface area contributed by atoms with Crippen molar-refractivity contribution in [2.24, 2.45) is 0 Å². The fourth-order valence-electron chi connectivity index (χ4n) is 10.3. The standard InChI is InChI=1S/C62H40N2O/c1-2-20-46-43(17-1)40-56(49-23-4-3-22-48(46)49)41-35-37-44(38-36-41)63(58-31-11-8-26-52(58)54-28-16-29-55-53-27-9-14-34-61(53)65-62(54)55)45-19-15-18-42(39-45)47-21-5-10-30-57(47)64-59-32-12-6-24-50(59)51-25-7-13-33-60(51)64/h1-40H. The monoisotopic (exact) mass is 828 g/mol. The molecule has 65 heavy (non-hydrogen) atoms. The molecule has 2 aromatic heterocycles. The minimum absolute atomic E-state index is 0.883. The molecule has 0 aliphatic heterocycles. The molecule has 0 unspecified atom stereocenters. The van der Waals surface area contributed by atoms with Crippen molar-refractivity contribution < 1.29 is 4.42 Å². The summed E-state index contributed by atoms with van der Waals surface area (Å²) in [6.07, 6.45) is 0. The Bertz CT molecular complexity index is 3910. The van der Waals surface area contributed by atoms with Crippen LogP contribution in [0.2, 0.25) is 0 Å². The van der Waals surface area contributed by atoms with Crippen LogP contribution in [0.3, 0.4) is 0 Å². The van der Waals surface area contributed by atoms with Gasteiger partial charge in [0, 0.05) is 49.6 Å². The average Bonchev–Trinajstić information content (AvgIpc) is 3.93. The first-order valence-electron chi connectivity index (χ1n) is 22.3. The molecule has 3 heteroatoms. The zero-order chi connectivity index (χ0) is 42.8. The third kappa shape index (κ3) is 5.97. The molecule has 0 N–H and O–H groups in total. The number of hydrogen-bond acceptors (Lipinski definition) is 2. The van der Waals surface area contributed by atoms with Crippen LogP contribution >= 0.6 is 0 Å². The minimum Gasteiger partial charge on any atom is -0.455 e. The van der Waals surface area contributed by atoms with Crippen LogP contribution in [0, 0.1) is 0 Å². The van der Waals surface area contributed by atoms with Gasteiger partial charge in [0.05, 0.1) is 22.4 Å². The van der Waals surface area contributed by atoms with E-state index in [1.54, 1.807) is 0 Å². The van der Waals surface area contributed by atoms with Gasteiger partial charge in [0.25, 0.3) is 0 Å². The van der Waals surface area contributed by atoms with Gasteiger partial charge in [-0.3, -0.25) is 0 Å². The zero-order valence-corrected chi connectivity index (χ0v) is 35.4. The summed E-state index contributed by atoms with van der Waals surface area (Å²) in [5, 5.41) is 9.72. The normalized spacial score (nSPS) is 11.7. The van der Waals surface area contributed by atoms with Crippen LogP contribution in [0.25, 0.3) is 104 Å². The van der Waals surface area contributed by atoms with Gasteiger partial charge in [-0.2, -0.15) is 0 Å². The van der Waals surface area contributed by atoms with Crippen LogP contribution in [-0.2, 0) is 0 Å². The second kappa shape index (κ2) is 15.0. The molecule has 2 heterocycles. The maximum Gasteiger partial charge on any atom is 0.143 e. The van der Waals surface area contributed by atoms with Gasteiger partial charge in [-0.15, -0.1) is 0 Å². The lowest BCUT2D eigenvalue weighted by Gasteiger charge is -2.28. The topological polar surface area (TPSA) is 21.3 Å². The highest BCUT2D eigenvalue weighted by molar-refractivity contribution is 6.14. The Hall–Kier alpha value is -8.66. The van der Waals surface area contributed by atoms with Crippen LogP contribution in [0.5, 0.6) is 0 Å². The summed E-state index contributed by atoms with van der Waals surface area (Å²) in [5.41, 5.74) is 15.2. The number of hydrogen-bond donors (Lipinski definition) is 0. The van der Waals surface area contributed by atoms with Crippen molar-refractivity contribution >= 4 is 82.4 Å². The van der Waals surface area contributed by atoms with E-state index in [1.807, 2.05) is 6.07 Å². The SMILES string of the molecule is c1cc(-c2ccccc2-n2c3ccccc3c3ccccc32)cc(N(c2ccc(-c3cc4ccccc4c4ccccc34)cc2)c2ccccc2-c2cccc3c2oc2ccccc23)c1. The third-order valence-corrected chi connectivity index (χ3v) is 13.2. The van der Waals surface area contributed by atoms with Crippen molar-refractivity contribution in [1.82, 2.24) is 4.57 Å². The summed E-state index contributed by atoms with van der Waals surface area (Å²) in [7, 11) is 0. The molecule has 13 rings (SSSR count). The Morgan fingerprint density at radius 2 is 0.908 bits per heavy atom. The van der Waals surface area contributed by atoms with E-state index >= 15 is 0 Å². The second-order valence-electron chi connectivity index (χ2n) is 16.8. The Balaban J connectivity index is 1.01. The number of anilines is 3. The lowest BCUT2D eigenvalue weighted by Crippen LogP contribution is -2.11. The van der Waals surface area contributed by atoms with E-state index in [2.05, 4.69) is 246 Å². The van der Waals surface area contributed by atoms with E-state index < -0.39 is 0 Å². The van der Waals surface area contributed by atoms with E-state index in [1.165, 1.54) is 54.5 Å². The van der Waals surface area contributed by atoms with Crippen molar-refractivity contribution in [1.29, 1.82) is 0 Å². The quantitative estimate of drug-likeness (QED) is 0.149. The number of benzene rings is 11. The van der Waals surface area contributed by atoms with E-state index in [4.69, 9.17) is 4.42 Å². The molecule has 0 spiro atoms. The van der Waals surface area contributed by atoms with Gasteiger partial charge >= 0.3 is 0 Å². The molecule has 0 radical (unpaired) electrons. The molecule has 13 aromatic rings. The fraction of sp³-hybridized carbons (Fsp3) is 0. The first-order chi connectivity index (χ1) is 32.3. The number of rotatable bonds is 7. The smallest absolute Gasteiger partial charge is 0.143 e. The first kappa shape index (κ1) is 36.9. The molecule has 0 atom stereocenters. The molecule has 0 fully saturated rings. The highest BCUT2D eigenvalue weighted by Crippen LogP contribution is 2.46. The van der Waals surface area contributed by atoms with Crippen molar-refractivity contribution in [3.8, 4) is 39.1 Å². The molecule has 0 saturated heterocycles. The molecule has 11 aromatic carbocycles. The highest BCUT2D eigenvalue weighted by atomic mass is 16.3. The van der Waals surface area contributed by atoms with Crippen LogP contribution in [-0.4, -0.2) is 4.57 Å². The second-order valence-corrected chi connectivity index (χ2v) is 16.8. The van der Waals surface area contributed by atoms with E-state index in [0.29, 0.717) is 0 Å². The molecular formula is C62H40N2O. The molecule has 0 saturated carbocycles. The van der Waals surface area contributed by atoms with Crippen LogP contribution in [0.15, 0.2) is 247 Å². The molecule has 0 bridgehead atoms. The molecule has 0 amide bonds. The third-order valence-electron chi connectivity index (χ3n) is 13.2. The molecule has 304 valence electrons. The Kier molecular flexibility index (Phi) is 8.53. The van der Waals surface area contributed by atoms with Gasteiger partial charge in [-0.25, -0.2) is 0 Å². The van der Waals surface area contributed by atoms with Gasteiger partial charge in [0.1, 0.15) is 11.2 Å². The lowest BCUT2D eigenvalue weighted by atomic mass is 9.93. The van der Waals surface area contributed by atoms with E-state index in [0.717, 1.165) is 66.9 Å². The number of nitrogens with zero attached hydrogens (tertiary/aromatic N) is 2. The van der Waals surface area contributed by atoms with Crippen LogP contribution in [0.1, 0.15) is 0 Å². The summed E-state index contributed by atoms with van der Waals surface area (Å²) < 4.78 is 9.10. The van der Waals surface area contributed by atoms with Crippen LogP contribution in [0.4, 0.5) is 17.1 Å². The van der Waals surface area contributed by atoms with Crippen molar-refractivity contribution in [2.45, 2.75) is 0 Å². The number of fused-ring (bicyclic) bond motifs is 9. The van der Waals surface area contributed by atoms with E-state index in [-0.39, 0.29) is 0 Å². The minimum atomic E-state index is 0.883. The van der Waals surface area contributed by atoms with Crippen molar-refractivity contribution in [3.63, 3.8) is 0 Å². The van der Waals surface area contributed by atoms with E-state index in [9.17, 15) is 0 Å². The Morgan fingerprint density at radius 3 is 1.71 bits per heavy atom. The molecular weight excluding hydrogens is 789 g/mol. The molecule has 0 aliphatic rings. The summed E-state index contributed by atoms with van der Waals surface area (Å²) in [6.45, 7) is 0. The Labute approximate surface area is 376 Å². The first-order valence-corrected chi connectivity index (χ1v) is 22.3. The van der Waals surface area contributed by atoms with Gasteiger partial charge in [0.15, 0.2) is 0 Å². The molecule has 0 aliphatic carbocycles. The number of aromatic nitrogens is 1. The number of furan rings is 1. The van der Waals surface area contributed by atoms with Gasteiger partial charge < -0.3 is 13.9 Å². The largest absolute Gasteiger partial charge is 0.455 e. The van der Waals surface area contributed by atoms with Gasteiger partial charge in [-0.05, 0) is 98.9 Å². The summed E-state index contributed by atoms with van der Waals surface area (Å²) in [6, 6.07) is 87.7. The van der Waals surface area contributed by atoms with Crippen LogP contribution < -0.4 is 4.90 Å². The predicted molar refractivity (Wildman–Crippen MR) is 274 cm³/mol. The predicted octanol–water partition coefficient (Wildman–Crippen LogP) is 17.5. The van der Waals surface area contributed by atoms with Gasteiger partial charge in [-0.1, -0.05) is 182 Å². The fourth-order valence-corrected chi connectivity index (χ4v) is 10.3. The maximum absolute atomic E-state index is 6.68. The lowest BCUT2D eigenvalue weighted by molar-refractivity contribution is 0.670. The highest BCUT2D eigenvalue weighted by Gasteiger charge is 2.22. The van der Waals surface area contributed by atoms with Crippen molar-refractivity contribution in [3.05, 3.63) is 243 Å². The zero-order valence-electron chi connectivity index (χ0n) is 35.4. The Morgan fingerprint density at radius 1 is 0.323 bits per heavy atom. The van der Waals surface area contributed by atoms with Gasteiger partial charge in [0.2, 0.25) is 0 Å². The summed E-state index contributed by atoms with van der Waals surface area (Å²) >= 11 is 0.